The van der Waals surface area contributed by atoms with E-state index in [0.717, 1.165) is 12.8 Å². The predicted molar refractivity (Wildman–Crippen MR) is 101 cm³/mol. The van der Waals surface area contributed by atoms with Crippen LogP contribution in [0.25, 0.3) is 0 Å². The van der Waals surface area contributed by atoms with Gasteiger partial charge in [0.05, 0.1) is 4.90 Å². The first-order valence-corrected chi connectivity index (χ1v) is 9.59. The summed E-state index contributed by atoms with van der Waals surface area (Å²) >= 11 is 5.91. The summed E-state index contributed by atoms with van der Waals surface area (Å²) in [4.78, 5) is 0.184. The van der Waals surface area contributed by atoms with Crippen molar-refractivity contribution in [3.63, 3.8) is 0 Å². The molecule has 0 amide bonds. The molecule has 0 bridgehead atoms. The lowest BCUT2D eigenvalue weighted by atomic mass is 10.2. The zero-order valence-electron chi connectivity index (χ0n) is 13.4. The van der Waals surface area contributed by atoms with Crippen LogP contribution >= 0.6 is 24.0 Å². The Hall–Kier alpha value is -1.31. The number of benzene rings is 2. The molecule has 5 nitrogen and oxygen atoms in total. The lowest BCUT2D eigenvalue weighted by Crippen LogP contribution is -2.38. The maximum Gasteiger partial charge on any atom is 0.240 e. The van der Waals surface area contributed by atoms with Crippen LogP contribution < -0.4 is 15.2 Å². The van der Waals surface area contributed by atoms with Gasteiger partial charge in [0.25, 0.3) is 0 Å². The van der Waals surface area contributed by atoms with E-state index in [1.807, 2.05) is 0 Å². The normalized spacial score (nSPS) is 15.3. The summed E-state index contributed by atoms with van der Waals surface area (Å²) in [5, 5.41) is 0.572. The Kier molecular flexibility index (Phi) is 6.71. The first kappa shape index (κ1) is 20.0. The van der Waals surface area contributed by atoms with E-state index in [1.165, 1.54) is 12.1 Å². The van der Waals surface area contributed by atoms with Crippen LogP contribution in [0.5, 0.6) is 11.5 Å². The summed E-state index contributed by atoms with van der Waals surface area (Å²) in [5.41, 5.74) is 5.93. The highest BCUT2D eigenvalue weighted by Crippen LogP contribution is 2.31. The lowest BCUT2D eigenvalue weighted by molar-refractivity contribution is 0.482. The maximum atomic E-state index is 12.3. The maximum absolute atomic E-state index is 12.3. The standard InChI is InChI=1S/C17H19ClN2O3S.ClH/c18-13-2-1-3-15(10-13)23-14-6-8-16(9-7-14)24(21,22)20-11-17(19)12-4-5-12;/h1-3,6-10,12,17,20H,4-5,11,19H2;1H. The van der Waals surface area contributed by atoms with Gasteiger partial charge in [-0.3, -0.25) is 0 Å². The molecular weight excluding hydrogens is 383 g/mol. The minimum Gasteiger partial charge on any atom is -0.457 e. The van der Waals surface area contributed by atoms with E-state index in [1.54, 1.807) is 36.4 Å². The van der Waals surface area contributed by atoms with Crippen molar-refractivity contribution >= 4 is 34.0 Å². The zero-order chi connectivity index (χ0) is 17.2. The quantitative estimate of drug-likeness (QED) is 0.741. The van der Waals surface area contributed by atoms with Gasteiger partial charge in [0.2, 0.25) is 10.0 Å². The van der Waals surface area contributed by atoms with Crippen molar-refractivity contribution in [3.8, 4) is 11.5 Å². The van der Waals surface area contributed by atoms with E-state index < -0.39 is 10.0 Å². The molecule has 1 aliphatic rings. The average molecular weight is 403 g/mol. The van der Waals surface area contributed by atoms with Crippen LogP contribution in [0, 0.1) is 5.92 Å². The van der Waals surface area contributed by atoms with E-state index in [-0.39, 0.29) is 29.9 Å². The minimum absolute atomic E-state index is 0. The Morgan fingerprint density at radius 3 is 2.44 bits per heavy atom. The molecule has 1 fully saturated rings. The van der Waals surface area contributed by atoms with Gasteiger partial charge in [-0.15, -0.1) is 12.4 Å². The molecule has 0 aromatic heterocycles. The van der Waals surface area contributed by atoms with Crippen molar-refractivity contribution in [2.24, 2.45) is 11.7 Å². The van der Waals surface area contributed by atoms with Crippen LogP contribution in [0.2, 0.25) is 5.02 Å². The zero-order valence-corrected chi connectivity index (χ0v) is 15.8. The molecule has 0 spiro atoms. The molecule has 0 aliphatic heterocycles. The van der Waals surface area contributed by atoms with Gasteiger partial charge in [0.15, 0.2) is 0 Å². The Balaban J connectivity index is 0.00000225. The predicted octanol–water partition coefficient (Wildman–Crippen LogP) is 3.57. The van der Waals surface area contributed by atoms with Gasteiger partial charge in [-0.2, -0.15) is 0 Å². The molecule has 1 unspecified atom stereocenters. The second-order valence-electron chi connectivity index (χ2n) is 5.88. The van der Waals surface area contributed by atoms with Crippen LogP contribution in [0.3, 0.4) is 0 Å². The molecule has 1 saturated carbocycles. The highest BCUT2D eigenvalue weighted by atomic mass is 35.5. The molecule has 8 heteroatoms. The Morgan fingerprint density at radius 2 is 1.84 bits per heavy atom. The molecule has 2 aromatic rings. The summed E-state index contributed by atoms with van der Waals surface area (Å²) in [6.07, 6.45) is 2.16. The fourth-order valence-electron chi connectivity index (χ4n) is 2.33. The average Bonchev–Trinajstić information content (AvgIpc) is 3.38. The van der Waals surface area contributed by atoms with Crippen LogP contribution in [0.4, 0.5) is 0 Å². The van der Waals surface area contributed by atoms with Crippen molar-refractivity contribution in [1.82, 2.24) is 4.72 Å². The molecule has 0 saturated heterocycles. The summed E-state index contributed by atoms with van der Waals surface area (Å²) in [6.45, 7) is 0.258. The lowest BCUT2D eigenvalue weighted by Gasteiger charge is -2.12. The van der Waals surface area contributed by atoms with Crippen molar-refractivity contribution < 1.29 is 13.2 Å². The highest BCUT2D eigenvalue weighted by molar-refractivity contribution is 7.89. The molecule has 0 radical (unpaired) electrons. The Bertz CT molecular complexity index is 809. The van der Waals surface area contributed by atoms with Gasteiger partial charge in [-0.05, 0) is 61.2 Å². The molecule has 3 rings (SSSR count). The SMILES string of the molecule is Cl.NC(CNS(=O)(=O)c1ccc(Oc2cccc(Cl)c2)cc1)C1CC1. The Morgan fingerprint density at radius 1 is 1.16 bits per heavy atom. The number of ether oxygens (including phenoxy) is 1. The molecule has 136 valence electrons. The number of sulfonamides is 1. The number of rotatable bonds is 7. The van der Waals surface area contributed by atoms with E-state index >= 15 is 0 Å². The van der Waals surface area contributed by atoms with E-state index in [2.05, 4.69) is 4.72 Å². The largest absolute Gasteiger partial charge is 0.457 e. The number of nitrogens with two attached hydrogens (primary N) is 1. The fraction of sp³-hybridized carbons (Fsp3) is 0.294. The van der Waals surface area contributed by atoms with E-state index in [0.29, 0.717) is 22.4 Å². The number of nitrogens with one attached hydrogen (secondary N) is 1. The first-order valence-electron chi connectivity index (χ1n) is 7.73. The van der Waals surface area contributed by atoms with Gasteiger partial charge >= 0.3 is 0 Å². The highest BCUT2D eigenvalue weighted by Gasteiger charge is 2.29. The smallest absolute Gasteiger partial charge is 0.240 e. The van der Waals surface area contributed by atoms with Gasteiger partial charge in [0.1, 0.15) is 11.5 Å². The van der Waals surface area contributed by atoms with Crippen LogP contribution in [-0.2, 0) is 10.0 Å². The first-order chi connectivity index (χ1) is 11.4. The summed E-state index contributed by atoms with van der Waals surface area (Å²) < 4.78 is 32.7. The molecule has 1 atom stereocenters. The Labute approximate surface area is 159 Å². The van der Waals surface area contributed by atoms with Gasteiger partial charge in [0, 0.05) is 17.6 Å². The van der Waals surface area contributed by atoms with E-state index in [4.69, 9.17) is 22.1 Å². The second-order valence-corrected chi connectivity index (χ2v) is 8.09. The summed E-state index contributed by atoms with van der Waals surface area (Å²) in [6, 6.07) is 13.1. The third-order valence-electron chi connectivity index (χ3n) is 3.90. The summed E-state index contributed by atoms with van der Waals surface area (Å²) in [5.74, 6) is 1.57. The van der Waals surface area contributed by atoms with Gasteiger partial charge in [-0.25, -0.2) is 13.1 Å². The van der Waals surface area contributed by atoms with Crippen molar-refractivity contribution in [3.05, 3.63) is 53.6 Å². The number of halogens is 2. The monoisotopic (exact) mass is 402 g/mol. The minimum atomic E-state index is -3.56. The van der Waals surface area contributed by atoms with Crippen molar-refractivity contribution in [1.29, 1.82) is 0 Å². The third kappa shape index (κ3) is 5.59. The van der Waals surface area contributed by atoms with Crippen molar-refractivity contribution in [2.45, 2.75) is 23.8 Å². The topological polar surface area (TPSA) is 81.4 Å². The van der Waals surface area contributed by atoms with Crippen LogP contribution in [0.1, 0.15) is 12.8 Å². The molecule has 0 heterocycles. The number of hydrogen-bond acceptors (Lipinski definition) is 4. The van der Waals surface area contributed by atoms with E-state index in [9.17, 15) is 8.42 Å². The van der Waals surface area contributed by atoms with Crippen LogP contribution in [0.15, 0.2) is 53.4 Å². The van der Waals surface area contributed by atoms with Crippen LogP contribution in [-0.4, -0.2) is 21.0 Å². The fourth-order valence-corrected chi connectivity index (χ4v) is 3.59. The molecule has 25 heavy (non-hydrogen) atoms. The molecule has 1 aliphatic carbocycles. The summed E-state index contributed by atoms with van der Waals surface area (Å²) in [7, 11) is -3.56. The second kappa shape index (κ2) is 8.38. The third-order valence-corrected chi connectivity index (χ3v) is 5.58. The van der Waals surface area contributed by atoms with Crippen molar-refractivity contribution in [2.75, 3.05) is 6.54 Å². The molecular formula is C17H20Cl2N2O3S. The van der Waals surface area contributed by atoms with Gasteiger partial charge in [-0.1, -0.05) is 17.7 Å². The molecule has 2 aromatic carbocycles. The number of hydrogen-bond donors (Lipinski definition) is 2. The molecule has 3 N–H and O–H groups in total. The van der Waals surface area contributed by atoms with Gasteiger partial charge < -0.3 is 10.5 Å².